The first-order valence-electron chi connectivity index (χ1n) is 5.57. The van der Waals surface area contributed by atoms with Crippen molar-refractivity contribution in [3.05, 3.63) is 46.5 Å². The van der Waals surface area contributed by atoms with Crippen molar-refractivity contribution in [2.75, 3.05) is 0 Å². The molecule has 2 nitrogen and oxygen atoms in total. The van der Waals surface area contributed by atoms with Crippen molar-refractivity contribution in [3.63, 3.8) is 0 Å². The van der Waals surface area contributed by atoms with Gasteiger partial charge in [-0.05, 0) is 42.8 Å². The highest BCUT2D eigenvalue weighted by molar-refractivity contribution is 7.09. The van der Waals surface area contributed by atoms with E-state index in [1.807, 2.05) is 12.1 Å². The van der Waals surface area contributed by atoms with E-state index in [4.69, 9.17) is 4.42 Å². The molecule has 0 aliphatic carbocycles. The standard InChI is InChI=1S/C13H16O2S/c14-11(10-12-5-2-8-15-12)4-1-6-13-7-3-9-16-13/h2-3,5,7-9,11,14H,1,4,6,10H2. The van der Waals surface area contributed by atoms with Gasteiger partial charge in [0.1, 0.15) is 5.76 Å². The van der Waals surface area contributed by atoms with E-state index in [1.54, 1.807) is 17.6 Å². The number of thiophene rings is 1. The number of rotatable bonds is 6. The Hall–Kier alpha value is -1.06. The van der Waals surface area contributed by atoms with E-state index in [-0.39, 0.29) is 6.10 Å². The summed E-state index contributed by atoms with van der Waals surface area (Å²) < 4.78 is 5.20. The lowest BCUT2D eigenvalue weighted by atomic mass is 10.1. The maximum absolute atomic E-state index is 9.79. The molecule has 2 aromatic rings. The summed E-state index contributed by atoms with van der Waals surface area (Å²) in [5, 5.41) is 11.9. The molecule has 0 fully saturated rings. The van der Waals surface area contributed by atoms with Gasteiger partial charge in [0, 0.05) is 11.3 Å². The summed E-state index contributed by atoms with van der Waals surface area (Å²) in [7, 11) is 0. The van der Waals surface area contributed by atoms with Gasteiger partial charge in [-0.2, -0.15) is 0 Å². The molecule has 0 saturated heterocycles. The van der Waals surface area contributed by atoms with Gasteiger partial charge >= 0.3 is 0 Å². The Morgan fingerprint density at radius 1 is 1.31 bits per heavy atom. The van der Waals surface area contributed by atoms with Crippen LogP contribution in [0.1, 0.15) is 23.5 Å². The number of furan rings is 1. The van der Waals surface area contributed by atoms with Crippen LogP contribution in [-0.2, 0) is 12.8 Å². The highest BCUT2D eigenvalue weighted by Crippen LogP contribution is 2.14. The van der Waals surface area contributed by atoms with Gasteiger partial charge in [0.15, 0.2) is 0 Å². The molecule has 0 amide bonds. The Morgan fingerprint density at radius 2 is 2.25 bits per heavy atom. The van der Waals surface area contributed by atoms with Crippen LogP contribution in [0.2, 0.25) is 0 Å². The second kappa shape index (κ2) is 5.87. The van der Waals surface area contributed by atoms with Gasteiger partial charge in [-0.25, -0.2) is 0 Å². The first kappa shape index (κ1) is 11.4. The normalized spacial score (nSPS) is 12.8. The lowest BCUT2D eigenvalue weighted by molar-refractivity contribution is 0.155. The molecule has 0 spiro atoms. The molecule has 0 bridgehead atoms. The Balaban J connectivity index is 1.66. The van der Waals surface area contributed by atoms with Gasteiger partial charge in [-0.1, -0.05) is 6.07 Å². The number of aliphatic hydroxyl groups is 1. The maximum Gasteiger partial charge on any atom is 0.106 e. The van der Waals surface area contributed by atoms with Crippen molar-refractivity contribution in [3.8, 4) is 0 Å². The molecule has 86 valence electrons. The maximum atomic E-state index is 9.79. The van der Waals surface area contributed by atoms with Crippen LogP contribution in [0.4, 0.5) is 0 Å². The SMILES string of the molecule is OC(CCCc1cccs1)Cc1ccco1. The number of aryl methyl sites for hydroxylation is 1. The summed E-state index contributed by atoms with van der Waals surface area (Å²) in [6.07, 6.45) is 4.91. The van der Waals surface area contributed by atoms with Gasteiger partial charge in [-0.3, -0.25) is 0 Å². The zero-order chi connectivity index (χ0) is 11.2. The molecule has 3 heteroatoms. The summed E-state index contributed by atoms with van der Waals surface area (Å²) >= 11 is 1.78. The minimum atomic E-state index is -0.286. The summed E-state index contributed by atoms with van der Waals surface area (Å²) in [4.78, 5) is 1.39. The van der Waals surface area contributed by atoms with Crippen molar-refractivity contribution < 1.29 is 9.52 Å². The molecule has 0 radical (unpaired) electrons. The Morgan fingerprint density at radius 3 is 2.94 bits per heavy atom. The molecule has 2 rings (SSSR count). The van der Waals surface area contributed by atoms with Crippen molar-refractivity contribution in [2.24, 2.45) is 0 Å². The zero-order valence-electron chi connectivity index (χ0n) is 9.13. The molecule has 0 aliphatic heterocycles. The number of hydrogen-bond donors (Lipinski definition) is 1. The third-order valence-electron chi connectivity index (χ3n) is 2.56. The molecular formula is C13H16O2S. The lowest BCUT2D eigenvalue weighted by Crippen LogP contribution is -2.09. The zero-order valence-corrected chi connectivity index (χ0v) is 9.95. The van der Waals surface area contributed by atoms with Crippen LogP contribution in [0, 0.1) is 0 Å². The fraction of sp³-hybridized carbons (Fsp3) is 0.385. The van der Waals surface area contributed by atoms with Crippen LogP contribution in [0.5, 0.6) is 0 Å². The van der Waals surface area contributed by atoms with E-state index in [1.165, 1.54) is 4.88 Å². The van der Waals surface area contributed by atoms with E-state index in [9.17, 15) is 5.11 Å². The average Bonchev–Trinajstić information content (AvgIpc) is 2.90. The Kier molecular flexibility index (Phi) is 4.19. The van der Waals surface area contributed by atoms with Crippen molar-refractivity contribution in [1.82, 2.24) is 0 Å². The Labute approximate surface area is 99.5 Å². The molecular weight excluding hydrogens is 220 g/mol. The monoisotopic (exact) mass is 236 g/mol. The molecule has 1 unspecified atom stereocenters. The molecule has 0 aliphatic rings. The second-order valence-corrected chi connectivity index (χ2v) is 4.94. The molecule has 2 aromatic heterocycles. The fourth-order valence-corrected chi connectivity index (χ4v) is 2.48. The van der Waals surface area contributed by atoms with E-state index in [2.05, 4.69) is 17.5 Å². The van der Waals surface area contributed by atoms with Crippen LogP contribution in [0.15, 0.2) is 40.3 Å². The molecule has 0 aromatic carbocycles. The number of hydrogen-bond acceptors (Lipinski definition) is 3. The van der Waals surface area contributed by atoms with Crippen LogP contribution in [0.25, 0.3) is 0 Å². The highest BCUT2D eigenvalue weighted by atomic mass is 32.1. The second-order valence-electron chi connectivity index (χ2n) is 3.91. The van der Waals surface area contributed by atoms with Crippen LogP contribution in [-0.4, -0.2) is 11.2 Å². The van der Waals surface area contributed by atoms with E-state index in [0.29, 0.717) is 6.42 Å². The van der Waals surface area contributed by atoms with Crippen molar-refractivity contribution >= 4 is 11.3 Å². The molecule has 16 heavy (non-hydrogen) atoms. The predicted molar refractivity (Wildman–Crippen MR) is 65.7 cm³/mol. The van der Waals surface area contributed by atoms with Gasteiger partial charge < -0.3 is 9.52 Å². The summed E-state index contributed by atoms with van der Waals surface area (Å²) in [6, 6.07) is 7.97. The van der Waals surface area contributed by atoms with E-state index >= 15 is 0 Å². The Bertz CT molecular complexity index is 378. The fourth-order valence-electron chi connectivity index (χ4n) is 1.73. The minimum absolute atomic E-state index is 0.286. The summed E-state index contributed by atoms with van der Waals surface area (Å²) in [6.45, 7) is 0. The van der Waals surface area contributed by atoms with Crippen LogP contribution in [0.3, 0.4) is 0 Å². The topological polar surface area (TPSA) is 33.4 Å². The minimum Gasteiger partial charge on any atom is -0.469 e. The van der Waals surface area contributed by atoms with Gasteiger partial charge in [0.2, 0.25) is 0 Å². The lowest BCUT2D eigenvalue weighted by Gasteiger charge is -2.07. The van der Waals surface area contributed by atoms with Crippen LogP contribution >= 0.6 is 11.3 Å². The molecule has 0 saturated carbocycles. The summed E-state index contributed by atoms with van der Waals surface area (Å²) in [5.74, 6) is 0.864. The summed E-state index contributed by atoms with van der Waals surface area (Å²) in [5.41, 5.74) is 0. The van der Waals surface area contributed by atoms with Crippen molar-refractivity contribution in [2.45, 2.75) is 31.8 Å². The van der Waals surface area contributed by atoms with E-state index in [0.717, 1.165) is 25.0 Å². The third kappa shape index (κ3) is 3.51. The van der Waals surface area contributed by atoms with E-state index < -0.39 is 0 Å². The first-order valence-corrected chi connectivity index (χ1v) is 6.45. The first-order chi connectivity index (χ1) is 7.84. The smallest absolute Gasteiger partial charge is 0.106 e. The largest absolute Gasteiger partial charge is 0.469 e. The van der Waals surface area contributed by atoms with Gasteiger partial charge in [-0.15, -0.1) is 11.3 Å². The van der Waals surface area contributed by atoms with Crippen molar-refractivity contribution in [1.29, 1.82) is 0 Å². The average molecular weight is 236 g/mol. The molecule has 2 heterocycles. The molecule has 1 atom stereocenters. The molecule has 1 N–H and O–H groups in total. The van der Waals surface area contributed by atoms with Gasteiger partial charge in [0.25, 0.3) is 0 Å². The quantitative estimate of drug-likeness (QED) is 0.835. The highest BCUT2D eigenvalue weighted by Gasteiger charge is 2.07. The van der Waals surface area contributed by atoms with Crippen LogP contribution < -0.4 is 0 Å². The van der Waals surface area contributed by atoms with Gasteiger partial charge in [0.05, 0.1) is 12.4 Å². The predicted octanol–water partition coefficient (Wildman–Crippen LogP) is 3.27. The number of aliphatic hydroxyl groups excluding tert-OH is 1. The third-order valence-corrected chi connectivity index (χ3v) is 3.49.